The molecule has 46 heavy (non-hydrogen) atoms. The first kappa shape index (κ1) is 31.2. The minimum atomic E-state index is -0.884. The summed E-state index contributed by atoms with van der Waals surface area (Å²) in [4.78, 5) is 18.4. The number of aromatic nitrogens is 4. The summed E-state index contributed by atoms with van der Waals surface area (Å²) in [5, 5.41) is 4.26. The van der Waals surface area contributed by atoms with Crippen molar-refractivity contribution in [2.75, 3.05) is 7.11 Å². The molecule has 0 spiro atoms. The van der Waals surface area contributed by atoms with Crippen LogP contribution in [-0.2, 0) is 34.9 Å². The first-order valence-corrected chi connectivity index (χ1v) is 15.4. The van der Waals surface area contributed by atoms with Gasteiger partial charge in [0.1, 0.15) is 35.2 Å². The molecule has 1 saturated carbocycles. The van der Waals surface area contributed by atoms with Gasteiger partial charge in [-0.3, -0.25) is 0 Å². The predicted molar refractivity (Wildman–Crippen MR) is 168 cm³/mol. The molecular weight excluding hydrogens is 592 g/mol. The summed E-state index contributed by atoms with van der Waals surface area (Å²) in [7, 11) is 1.64. The summed E-state index contributed by atoms with van der Waals surface area (Å²) in [6.07, 6.45) is 6.23. The van der Waals surface area contributed by atoms with Crippen LogP contribution in [-0.4, -0.2) is 32.7 Å². The van der Waals surface area contributed by atoms with Gasteiger partial charge in [0.15, 0.2) is 17.1 Å². The van der Waals surface area contributed by atoms with E-state index in [9.17, 15) is 8.78 Å². The zero-order valence-corrected chi connectivity index (χ0v) is 26.1. The Kier molecular flexibility index (Phi) is 9.30. The summed E-state index contributed by atoms with van der Waals surface area (Å²) < 4.78 is 47.5. The second kappa shape index (κ2) is 13.7. The Labute approximate surface area is 265 Å². The minimum Gasteiger partial charge on any atom is -0.493 e. The molecule has 11 heteroatoms. The highest BCUT2D eigenvalue weighted by molar-refractivity contribution is 5.70. The van der Waals surface area contributed by atoms with Gasteiger partial charge in [-0.25, -0.2) is 18.7 Å². The summed E-state index contributed by atoms with van der Waals surface area (Å²) in [5.41, 5.74) is 2.83. The Morgan fingerprint density at radius 1 is 0.913 bits per heavy atom. The number of hydrogen-bond acceptors (Lipinski definition) is 7. The summed E-state index contributed by atoms with van der Waals surface area (Å²) in [6, 6.07) is 18.3. The average molecular weight is 630 g/mol. The van der Waals surface area contributed by atoms with Gasteiger partial charge in [0.05, 0.1) is 32.7 Å². The number of fused-ring (bicyclic) bond motifs is 1. The smallest absolute Gasteiger partial charge is 0.220 e. The standard InChI is InChI=1S/C35H37F2N5O4/c1-35(2,44-20-24-8-6-10-26(36)16-24)34-39-31-32(41-45-21-25-9-7-11-27(37)17-25)38-22-42(33(31)40-34)19-23-14-15-29(43-3)30(18-23)46-28-12-4-5-13-28/h6-11,14-18,22,28H,4-5,12-13,19-21H2,1-3H3,(H,39,40). The molecule has 0 atom stereocenters. The fourth-order valence-corrected chi connectivity index (χ4v) is 5.49. The number of imidazole rings is 1. The van der Waals surface area contributed by atoms with Crippen molar-refractivity contribution in [3.05, 3.63) is 113 Å². The van der Waals surface area contributed by atoms with Gasteiger partial charge in [0.2, 0.25) is 5.49 Å². The Balaban J connectivity index is 1.32. The van der Waals surface area contributed by atoms with E-state index in [4.69, 9.17) is 24.0 Å². The molecule has 1 fully saturated rings. The van der Waals surface area contributed by atoms with Crippen LogP contribution in [0.15, 0.2) is 78.2 Å². The maximum atomic E-state index is 13.8. The molecule has 6 rings (SSSR count). The van der Waals surface area contributed by atoms with Crippen molar-refractivity contribution in [1.29, 1.82) is 0 Å². The van der Waals surface area contributed by atoms with Crippen molar-refractivity contribution in [2.24, 2.45) is 5.16 Å². The third-order valence-corrected chi connectivity index (χ3v) is 8.01. The largest absolute Gasteiger partial charge is 0.493 e. The quantitative estimate of drug-likeness (QED) is 0.151. The predicted octanol–water partition coefficient (Wildman–Crippen LogP) is 6.90. The Hall–Kier alpha value is -4.77. The van der Waals surface area contributed by atoms with Gasteiger partial charge < -0.3 is 28.6 Å². The lowest BCUT2D eigenvalue weighted by Crippen LogP contribution is -2.23. The van der Waals surface area contributed by atoms with Crippen LogP contribution >= 0.6 is 0 Å². The number of H-pyrrole nitrogens is 1. The van der Waals surface area contributed by atoms with Crippen LogP contribution in [0.5, 0.6) is 11.5 Å². The molecule has 240 valence electrons. The van der Waals surface area contributed by atoms with Crippen molar-refractivity contribution in [3.8, 4) is 11.5 Å². The lowest BCUT2D eigenvalue weighted by atomic mass is 10.1. The highest BCUT2D eigenvalue weighted by Crippen LogP contribution is 2.33. The fraction of sp³-hybridized carbons (Fsp3) is 0.343. The SMILES string of the molecule is COc1ccc(Cn2cnc(=NOCc3cccc(F)c3)c3[nH]c(C(C)(C)OCc4cccc(F)c4)nc32)cc1OC1CCCC1. The molecule has 2 aromatic heterocycles. The Morgan fingerprint density at radius 2 is 1.63 bits per heavy atom. The molecule has 1 aliphatic carbocycles. The number of ether oxygens (including phenoxy) is 3. The van der Waals surface area contributed by atoms with E-state index in [0.717, 1.165) is 18.4 Å². The maximum Gasteiger partial charge on any atom is 0.220 e. The van der Waals surface area contributed by atoms with Crippen LogP contribution in [0, 0.1) is 11.6 Å². The molecule has 1 N–H and O–H groups in total. The lowest BCUT2D eigenvalue weighted by Gasteiger charge is -2.23. The molecular formula is C35H37F2N5O4. The first-order valence-electron chi connectivity index (χ1n) is 15.4. The van der Waals surface area contributed by atoms with Crippen molar-refractivity contribution in [3.63, 3.8) is 0 Å². The number of nitrogens with one attached hydrogen (secondary N) is 1. The molecule has 5 aromatic rings. The molecule has 0 bridgehead atoms. The second-order valence-corrected chi connectivity index (χ2v) is 11.9. The molecule has 3 aromatic carbocycles. The van der Waals surface area contributed by atoms with E-state index in [0.29, 0.717) is 46.2 Å². The van der Waals surface area contributed by atoms with Crippen LogP contribution in [0.1, 0.15) is 62.0 Å². The van der Waals surface area contributed by atoms with E-state index in [1.807, 2.05) is 42.7 Å². The Bertz CT molecular complexity index is 1880. The molecule has 2 heterocycles. The van der Waals surface area contributed by atoms with Crippen molar-refractivity contribution >= 4 is 11.2 Å². The van der Waals surface area contributed by atoms with Crippen molar-refractivity contribution in [1.82, 2.24) is 19.5 Å². The van der Waals surface area contributed by atoms with Gasteiger partial charge in [0.25, 0.3) is 0 Å². The monoisotopic (exact) mass is 629 g/mol. The normalized spacial score (nSPS) is 14.2. The topological polar surface area (TPSA) is 95.8 Å². The highest BCUT2D eigenvalue weighted by Gasteiger charge is 2.27. The molecule has 0 unspecified atom stereocenters. The van der Waals surface area contributed by atoms with Gasteiger partial charge in [-0.2, -0.15) is 0 Å². The van der Waals surface area contributed by atoms with E-state index < -0.39 is 5.60 Å². The lowest BCUT2D eigenvalue weighted by molar-refractivity contribution is -0.0393. The van der Waals surface area contributed by atoms with E-state index >= 15 is 0 Å². The molecule has 0 amide bonds. The first-order chi connectivity index (χ1) is 22.3. The fourth-order valence-electron chi connectivity index (χ4n) is 5.49. The maximum absolute atomic E-state index is 13.8. The molecule has 0 radical (unpaired) electrons. The number of benzene rings is 3. The summed E-state index contributed by atoms with van der Waals surface area (Å²) >= 11 is 0. The number of rotatable bonds is 12. The minimum absolute atomic E-state index is 0.0642. The number of hydrogen-bond donors (Lipinski definition) is 1. The number of methoxy groups -OCH3 is 1. The molecule has 0 aliphatic heterocycles. The molecule has 9 nitrogen and oxygen atoms in total. The number of nitrogens with zero attached hydrogens (tertiary/aromatic N) is 4. The average Bonchev–Trinajstić information content (AvgIpc) is 3.73. The number of aromatic amines is 1. The third-order valence-electron chi connectivity index (χ3n) is 8.01. The Morgan fingerprint density at radius 3 is 2.33 bits per heavy atom. The van der Waals surface area contributed by atoms with Crippen LogP contribution in [0.3, 0.4) is 0 Å². The van der Waals surface area contributed by atoms with E-state index in [1.54, 1.807) is 31.6 Å². The van der Waals surface area contributed by atoms with Crippen LogP contribution < -0.4 is 15.0 Å². The van der Waals surface area contributed by atoms with E-state index in [2.05, 4.69) is 15.1 Å². The van der Waals surface area contributed by atoms with E-state index in [1.165, 1.54) is 37.1 Å². The van der Waals surface area contributed by atoms with Gasteiger partial charge >= 0.3 is 0 Å². The van der Waals surface area contributed by atoms with E-state index in [-0.39, 0.29) is 36.4 Å². The summed E-state index contributed by atoms with van der Waals surface area (Å²) in [6.45, 7) is 4.45. The highest BCUT2D eigenvalue weighted by atomic mass is 19.1. The number of halogens is 2. The zero-order valence-electron chi connectivity index (χ0n) is 26.1. The van der Waals surface area contributed by atoms with Crippen molar-refractivity contribution in [2.45, 2.75) is 71.0 Å². The summed E-state index contributed by atoms with van der Waals surface area (Å²) in [5.74, 6) is 1.25. The van der Waals surface area contributed by atoms with Gasteiger partial charge in [0, 0.05) is 0 Å². The van der Waals surface area contributed by atoms with Gasteiger partial charge in [-0.05, 0) is 92.6 Å². The van der Waals surface area contributed by atoms with Crippen LogP contribution in [0.4, 0.5) is 8.78 Å². The molecule has 0 saturated heterocycles. The van der Waals surface area contributed by atoms with Crippen LogP contribution in [0.2, 0.25) is 0 Å². The van der Waals surface area contributed by atoms with Gasteiger partial charge in [-0.15, -0.1) is 0 Å². The third kappa shape index (κ3) is 7.37. The second-order valence-electron chi connectivity index (χ2n) is 11.9. The van der Waals surface area contributed by atoms with Crippen molar-refractivity contribution < 1.29 is 27.8 Å². The van der Waals surface area contributed by atoms with Gasteiger partial charge in [-0.1, -0.05) is 35.5 Å². The molecule has 1 aliphatic rings. The van der Waals surface area contributed by atoms with Crippen LogP contribution in [0.25, 0.3) is 11.2 Å². The zero-order chi connectivity index (χ0) is 32.1.